The summed E-state index contributed by atoms with van der Waals surface area (Å²) in [4.78, 5) is 28.0. The molecule has 33 heavy (non-hydrogen) atoms. The molecule has 4 aromatic rings. The van der Waals surface area contributed by atoms with Gasteiger partial charge in [0.1, 0.15) is 0 Å². The summed E-state index contributed by atoms with van der Waals surface area (Å²) >= 11 is 6.48. The van der Waals surface area contributed by atoms with Crippen molar-refractivity contribution in [3.05, 3.63) is 112 Å². The quantitative estimate of drug-likeness (QED) is 0.418. The lowest BCUT2D eigenvalue weighted by molar-refractivity contribution is 0.0986. The van der Waals surface area contributed by atoms with Crippen molar-refractivity contribution < 1.29 is 9.59 Å². The number of benzene rings is 3. The Morgan fingerprint density at radius 1 is 0.909 bits per heavy atom. The lowest BCUT2D eigenvalue weighted by atomic mass is 10.1. The van der Waals surface area contributed by atoms with Gasteiger partial charge in [-0.05, 0) is 61.0 Å². The zero-order valence-electron chi connectivity index (χ0n) is 18.1. The predicted molar refractivity (Wildman–Crippen MR) is 132 cm³/mol. The van der Waals surface area contributed by atoms with Crippen molar-refractivity contribution in [3.63, 3.8) is 0 Å². The minimum atomic E-state index is -0.238. The summed E-state index contributed by atoms with van der Waals surface area (Å²) in [6, 6.07) is 24.3. The molecule has 0 atom stereocenters. The Kier molecular flexibility index (Phi) is 5.48. The molecule has 6 heteroatoms. The number of anilines is 2. The molecule has 5 nitrogen and oxygen atoms in total. The molecular formula is C27H22ClN3O2. The van der Waals surface area contributed by atoms with Gasteiger partial charge in [-0.1, -0.05) is 41.9 Å². The van der Waals surface area contributed by atoms with Crippen LogP contribution in [0.2, 0.25) is 5.02 Å². The molecule has 5 rings (SSSR count). The molecule has 0 saturated carbocycles. The Balaban J connectivity index is 1.42. The highest BCUT2D eigenvalue weighted by atomic mass is 35.5. The summed E-state index contributed by atoms with van der Waals surface area (Å²) in [5.41, 5.74) is 5.37. The third-order valence-electron chi connectivity index (χ3n) is 5.96. The first-order chi connectivity index (χ1) is 16.0. The smallest absolute Gasteiger partial charge is 0.258 e. The van der Waals surface area contributed by atoms with E-state index in [0.29, 0.717) is 28.4 Å². The van der Waals surface area contributed by atoms with Gasteiger partial charge < -0.3 is 14.8 Å². The number of rotatable bonds is 3. The standard InChI is InChI=1S/C27H22ClN3O2/c1-18-7-2-3-9-21(18)26(32)29-23-13-12-19(17-22(23)28)27(33)31-16-14-20-8-6-15-30(20)24-10-4-5-11-25(24)31/h2-13,15,17H,14,16H2,1H3,(H,29,32). The number of nitrogens with zero attached hydrogens (tertiary/aromatic N) is 2. The number of carbonyl (C=O) groups is 2. The average molecular weight is 456 g/mol. The number of halogens is 1. The molecule has 0 aliphatic carbocycles. The van der Waals surface area contributed by atoms with Crippen LogP contribution in [-0.4, -0.2) is 22.9 Å². The minimum Gasteiger partial charge on any atom is -0.321 e. The van der Waals surface area contributed by atoms with Gasteiger partial charge in [-0.25, -0.2) is 0 Å². The van der Waals surface area contributed by atoms with Crippen LogP contribution in [0.5, 0.6) is 0 Å². The molecule has 164 valence electrons. The minimum absolute atomic E-state index is 0.133. The fourth-order valence-corrected chi connectivity index (χ4v) is 4.46. The highest BCUT2D eigenvalue weighted by Crippen LogP contribution is 2.32. The van der Waals surface area contributed by atoms with Crippen LogP contribution in [0.15, 0.2) is 85.1 Å². The molecule has 1 N–H and O–H groups in total. The lowest BCUT2D eigenvalue weighted by Gasteiger charge is -2.23. The molecule has 2 heterocycles. The number of para-hydroxylation sites is 2. The van der Waals surface area contributed by atoms with Gasteiger partial charge in [-0.3, -0.25) is 9.59 Å². The van der Waals surface area contributed by atoms with Gasteiger partial charge in [0.05, 0.1) is 22.1 Å². The van der Waals surface area contributed by atoms with E-state index in [9.17, 15) is 9.59 Å². The summed E-state index contributed by atoms with van der Waals surface area (Å²) in [6.07, 6.45) is 2.76. The van der Waals surface area contributed by atoms with E-state index < -0.39 is 0 Å². The molecule has 0 fully saturated rings. The molecule has 0 bridgehead atoms. The fraction of sp³-hybridized carbons (Fsp3) is 0.111. The van der Waals surface area contributed by atoms with E-state index in [4.69, 9.17) is 11.6 Å². The van der Waals surface area contributed by atoms with Gasteiger partial charge in [-0.2, -0.15) is 0 Å². The fourth-order valence-electron chi connectivity index (χ4n) is 4.23. The third-order valence-corrected chi connectivity index (χ3v) is 6.27. The number of hydrogen-bond acceptors (Lipinski definition) is 2. The van der Waals surface area contributed by atoms with Gasteiger partial charge >= 0.3 is 0 Å². The van der Waals surface area contributed by atoms with Crippen LogP contribution in [0.1, 0.15) is 32.0 Å². The molecule has 0 saturated heterocycles. The van der Waals surface area contributed by atoms with Gasteiger partial charge in [0.25, 0.3) is 11.8 Å². The van der Waals surface area contributed by atoms with Gasteiger partial charge in [0, 0.05) is 36.0 Å². The summed E-state index contributed by atoms with van der Waals surface area (Å²) in [5, 5.41) is 3.16. The zero-order valence-corrected chi connectivity index (χ0v) is 18.8. The number of aryl methyl sites for hydroxylation is 1. The SMILES string of the molecule is Cc1ccccc1C(=O)Nc1ccc(C(=O)N2CCc3cccn3-c3ccccc32)cc1Cl. The van der Waals surface area contributed by atoms with Crippen molar-refractivity contribution in [2.24, 2.45) is 0 Å². The van der Waals surface area contributed by atoms with Crippen LogP contribution < -0.4 is 10.2 Å². The number of amides is 2. The molecule has 1 aliphatic heterocycles. The number of nitrogens with one attached hydrogen (secondary N) is 1. The van der Waals surface area contributed by atoms with Crippen molar-refractivity contribution >= 4 is 34.8 Å². The van der Waals surface area contributed by atoms with Gasteiger partial charge in [0.15, 0.2) is 0 Å². The normalized spacial score (nSPS) is 12.5. The Bertz CT molecular complexity index is 1380. The maximum Gasteiger partial charge on any atom is 0.258 e. The highest BCUT2D eigenvalue weighted by Gasteiger charge is 2.25. The molecule has 1 aromatic heterocycles. The first-order valence-corrected chi connectivity index (χ1v) is 11.1. The van der Waals surface area contributed by atoms with Crippen LogP contribution in [0.3, 0.4) is 0 Å². The average Bonchev–Trinajstić information content (AvgIpc) is 3.23. The molecule has 3 aromatic carbocycles. The summed E-state index contributed by atoms with van der Waals surface area (Å²) in [5.74, 6) is -0.371. The van der Waals surface area contributed by atoms with E-state index >= 15 is 0 Å². The van der Waals surface area contributed by atoms with Crippen molar-refractivity contribution in [2.75, 3.05) is 16.8 Å². The van der Waals surface area contributed by atoms with Crippen LogP contribution in [-0.2, 0) is 6.42 Å². The lowest BCUT2D eigenvalue weighted by Crippen LogP contribution is -2.32. The maximum absolute atomic E-state index is 13.5. The molecule has 0 radical (unpaired) electrons. The predicted octanol–water partition coefficient (Wildman–Crippen LogP) is 5.89. The second kappa shape index (κ2) is 8.60. The molecule has 1 aliphatic rings. The second-order valence-electron chi connectivity index (χ2n) is 8.03. The number of fused-ring (bicyclic) bond motifs is 3. The van der Waals surface area contributed by atoms with Crippen LogP contribution in [0, 0.1) is 6.92 Å². The van der Waals surface area contributed by atoms with Crippen LogP contribution in [0.25, 0.3) is 5.69 Å². The Labute approximate surface area is 197 Å². The molecule has 2 amide bonds. The summed E-state index contributed by atoms with van der Waals surface area (Å²) < 4.78 is 2.12. The molecule has 0 spiro atoms. The summed E-state index contributed by atoms with van der Waals surface area (Å²) in [7, 11) is 0. The van der Waals surface area contributed by atoms with E-state index in [1.54, 1.807) is 29.2 Å². The van der Waals surface area contributed by atoms with Crippen LogP contribution in [0.4, 0.5) is 11.4 Å². The Morgan fingerprint density at radius 3 is 2.45 bits per heavy atom. The monoisotopic (exact) mass is 455 g/mol. The number of aromatic nitrogens is 1. The third kappa shape index (κ3) is 3.92. The van der Waals surface area contributed by atoms with Crippen molar-refractivity contribution in [1.82, 2.24) is 4.57 Å². The topological polar surface area (TPSA) is 54.3 Å². The Morgan fingerprint density at radius 2 is 1.67 bits per heavy atom. The van der Waals surface area contributed by atoms with E-state index in [2.05, 4.69) is 16.0 Å². The first-order valence-electron chi connectivity index (χ1n) is 10.8. The number of carbonyl (C=O) groups excluding carboxylic acids is 2. The first kappa shape index (κ1) is 21.0. The van der Waals surface area contributed by atoms with Crippen molar-refractivity contribution in [3.8, 4) is 5.69 Å². The van der Waals surface area contributed by atoms with Crippen LogP contribution >= 0.6 is 11.6 Å². The number of hydrogen-bond donors (Lipinski definition) is 1. The van der Waals surface area contributed by atoms with E-state index in [-0.39, 0.29) is 11.8 Å². The summed E-state index contributed by atoms with van der Waals surface area (Å²) in [6.45, 7) is 2.44. The van der Waals surface area contributed by atoms with E-state index in [0.717, 1.165) is 29.1 Å². The van der Waals surface area contributed by atoms with Gasteiger partial charge in [0.2, 0.25) is 0 Å². The molecule has 0 unspecified atom stereocenters. The Hall–Kier alpha value is -3.83. The van der Waals surface area contributed by atoms with E-state index in [1.807, 2.05) is 61.7 Å². The van der Waals surface area contributed by atoms with Crippen molar-refractivity contribution in [2.45, 2.75) is 13.3 Å². The van der Waals surface area contributed by atoms with E-state index in [1.165, 1.54) is 0 Å². The zero-order chi connectivity index (χ0) is 22.9. The second-order valence-corrected chi connectivity index (χ2v) is 8.44. The molecular weight excluding hydrogens is 434 g/mol. The largest absolute Gasteiger partial charge is 0.321 e. The van der Waals surface area contributed by atoms with Gasteiger partial charge in [-0.15, -0.1) is 0 Å². The van der Waals surface area contributed by atoms with Crippen molar-refractivity contribution in [1.29, 1.82) is 0 Å². The maximum atomic E-state index is 13.5. The highest BCUT2D eigenvalue weighted by molar-refractivity contribution is 6.34.